The minimum Gasteiger partial charge on any atom is -0.382 e. The summed E-state index contributed by atoms with van der Waals surface area (Å²) in [5.74, 6) is -0.192. The van der Waals surface area contributed by atoms with Crippen LogP contribution in [-0.2, 0) is 14.3 Å². The Hall–Kier alpha value is -2.18. The number of rotatable bonds is 7. The average Bonchev–Trinajstić information content (AvgIpc) is 2.98. The third-order valence-electron chi connectivity index (χ3n) is 2.62. The molecule has 1 heterocycles. The van der Waals surface area contributed by atoms with E-state index in [4.69, 9.17) is 9.47 Å². The van der Waals surface area contributed by atoms with Crippen molar-refractivity contribution < 1.29 is 14.3 Å². The Balaban J connectivity index is 1.90. The second-order valence-electron chi connectivity index (χ2n) is 4.14. The zero-order chi connectivity index (χ0) is 14.2. The summed E-state index contributed by atoms with van der Waals surface area (Å²) in [4.78, 5) is 11.7. The van der Waals surface area contributed by atoms with E-state index in [2.05, 4.69) is 15.5 Å². The third kappa shape index (κ3) is 4.18. The molecule has 2 N–H and O–H groups in total. The van der Waals surface area contributed by atoms with Crippen LogP contribution in [0.4, 0.5) is 5.69 Å². The number of amides is 1. The lowest BCUT2D eigenvalue weighted by Gasteiger charge is -2.07. The molecular formula is C14H17N3O3. The Labute approximate surface area is 117 Å². The molecule has 0 aliphatic heterocycles. The van der Waals surface area contributed by atoms with E-state index in [1.165, 1.54) is 0 Å². The van der Waals surface area contributed by atoms with Crippen LogP contribution in [0, 0.1) is 0 Å². The Morgan fingerprint density at radius 2 is 2.25 bits per heavy atom. The number of aromatic nitrogens is 2. The van der Waals surface area contributed by atoms with Crippen molar-refractivity contribution in [1.29, 1.82) is 0 Å². The molecule has 6 heteroatoms. The van der Waals surface area contributed by atoms with Crippen LogP contribution in [0.1, 0.15) is 0 Å². The Morgan fingerprint density at radius 3 is 3.00 bits per heavy atom. The molecule has 20 heavy (non-hydrogen) atoms. The van der Waals surface area contributed by atoms with Crippen LogP contribution in [0.15, 0.2) is 36.5 Å². The van der Waals surface area contributed by atoms with Gasteiger partial charge >= 0.3 is 0 Å². The zero-order valence-electron chi connectivity index (χ0n) is 11.3. The lowest BCUT2D eigenvalue weighted by atomic mass is 10.1. The quantitative estimate of drug-likeness (QED) is 0.754. The van der Waals surface area contributed by atoms with Gasteiger partial charge in [-0.1, -0.05) is 12.1 Å². The zero-order valence-corrected chi connectivity index (χ0v) is 11.3. The Kier molecular flexibility index (Phi) is 5.28. The first-order valence-electron chi connectivity index (χ1n) is 6.26. The highest BCUT2D eigenvalue weighted by Crippen LogP contribution is 2.20. The van der Waals surface area contributed by atoms with Crippen molar-refractivity contribution in [2.75, 3.05) is 32.2 Å². The van der Waals surface area contributed by atoms with Crippen LogP contribution in [-0.4, -0.2) is 43.0 Å². The fraction of sp³-hybridized carbons (Fsp3) is 0.286. The van der Waals surface area contributed by atoms with Crippen LogP contribution in [0.25, 0.3) is 11.3 Å². The lowest BCUT2D eigenvalue weighted by molar-refractivity contribution is -0.121. The summed E-state index contributed by atoms with van der Waals surface area (Å²) < 4.78 is 9.99. The van der Waals surface area contributed by atoms with Crippen LogP contribution >= 0.6 is 0 Å². The number of hydrogen-bond donors (Lipinski definition) is 2. The molecule has 6 nitrogen and oxygen atoms in total. The van der Waals surface area contributed by atoms with E-state index in [9.17, 15) is 4.79 Å². The maximum Gasteiger partial charge on any atom is 0.250 e. The monoisotopic (exact) mass is 275 g/mol. The van der Waals surface area contributed by atoms with E-state index in [0.717, 1.165) is 16.9 Å². The van der Waals surface area contributed by atoms with Crippen LogP contribution < -0.4 is 5.32 Å². The number of methoxy groups -OCH3 is 1. The highest BCUT2D eigenvalue weighted by molar-refractivity contribution is 5.92. The molecule has 106 valence electrons. The van der Waals surface area contributed by atoms with Crippen molar-refractivity contribution >= 4 is 11.6 Å². The van der Waals surface area contributed by atoms with Crippen LogP contribution in [0.5, 0.6) is 0 Å². The molecule has 0 aliphatic carbocycles. The number of H-pyrrole nitrogens is 1. The molecule has 1 aromatic carbocycles. The summed E-state index contributed by atoms with van der Waals surface area (Å²) in [6.45, 7) is 0.887. The highest BCUT2D eigenvalue weighted by atomic mass is 16.5. The van der Waals surface area contributed by atoms with E-state index < -0.39 is 0 Å². The summed E-state index contributed by atoms with van der Waals surface area (Å²) in [5, 5.41) is 9.57. The Bertz CT molecular complexity index is 540. The van der Waals surface area contributed by atoms with Gasteiger partial charge in [0.05, 0.1) is 18.9 Å². The van der Waals surface area contributed by atoms with E-state index >= 15 is 0 Å². The van der Waals surface area contributed by atoms with Gasteiger partial charge < -0.3 is 14.8 Å². The molecule has 2 aromatic rings. The molecule has 0 fully saturated rings. The molecule has 0 saturated heterocycles. The first kappa shape index (κ1) is 14.2. The summed E-state index contributed by atoms with van der Waals surface area (Å²) >= 11 is 0. The number of carbonyl (C=O) groups is 1. The van der Waals surface area contributed by atoms with Crippen molar-refractivity contribution in [3.05, 3.63) is 36.5 Å². The lowest BCUT2D eigenvalue weighted by Crippen LogP contribution is -2.19. The standard InChI is InChI=1S/C14H17N3O3/c1-19-7-8-20-10-14(18)16-12-4-2-3-11(9-12)13-5-6-15-17-13/h2-6,9H,7-8,10H2,1H3,(H,15,17)(H,16,18). The Morgan fingerprint density at radius 1 is 1.35 bits per heavy atom. The van der Waals surface area contributed by atoms with E-state index in [0.29, 0.717) is 13.2 Å². The molecule has 0 aliphatic rings. The molecule has 0 atom stereocenters. The normalized spacial score (nSPS) is 10.4. The van der Waals surface area contributed by atoms with Crippen molar-refractivity contribution in [3.63, 3.8) is 0 Å². The van der Waals surface area contributed by atoms with Crippen molar-refractivity contribution in [1.82, 2.24) is 10.2 Å². The van der Waals surface area contributed by atoms with Crippen LogP contribution in [0.2, 0.25) is 0 Å². The number of hydrogen-bond acceptors (Lipinski definition) is 4. The van der Waals surface area contributed by atoms with Gasteiger partial charge in [0.25, 0.3) is 0 Å². The van der Waals surface area contributed by atoms with Crippen molar-refractivity contribution in [2.24, 2.45) is 0 Å². The first-order chi connectivity index (χ1) is 9.79. The second kappa shape index (κ2) is 7.42. The third-order valence-corrected chi connectivity index (χ3v) is 2.62. The molecule has 1 aromatic heterocycles. The maximum absolute atomic E-state index is 11.7. The topological polar surface area (TPSA) is 76.2 Å². The fourth-order valence-corrected chi connectivity index (χ4v) is 1.69. The number of carbonyl (C=O) groups excluding carboxylic acids is 1. The molecule has 0 saturated carbocycles. The van der Waals surface area contributed by atoms with Gasteiger partial charge in [-0.25, -0.2) is 0 Å². The predicted octanol–water partition coefficient (Wildman–Crippen LogP) is 1.68. The van der Waals surface area contributed by atoms with E-state index in [-0.39, 0.29) is 12.5 Å². The summed E-state index contributed by atoms with van der Waals surface area (Å²) in [6, 6.07) is 9.39. The van der Waals surface area contributed by atoms with E-state index in [1.54, 1.807) is 13.3 Å². The number of aromatic amines is 1. The average molecular weight is 275 g/mol. The van der Waals surface area contributed by atoms with Crippen molar-refractivity contribution in [3.8, 4) is 11.3 Å². The van der Waals surface area contributed by atoms with Gasteiger partial charge in [0.1, 0.15) is 6.61 Å². The van der Waals surface area contributed by atoms with Gasteiger partial charge in [-0.15, -0.1) is 0 Å². The maximum atomic E-state index is 11.7. The minimum atomic E-state index is -0.192. The second-order valence-corrected chi connectivity index (χ2v) is 4.14. The number of anilines is 1. The summed E-state index contributed by atoms with van der Waals surface area (Å²) in [5.41, 5.74) is 2.58. The molecule has 1 amide bonds. The number of nitrogens with one attached hydrogen (secondary N) is 2. The number of ether oxygens (including phenoxy) is 2. The van der Waals surface area contributed by atoms with Gasteiger partial charge in [0.2, 0.25) is 5.91 Å². The number of benzene rings is 1. The van der Waals surface area contributed by atoms with Gasteiger partial charge in [0.15, 0.2) is 0 Å². The molecule has 0 radical (unpaired) electrons. The first-order valence-corrected chi connectivity index (χ1v) is 6.26. The van der Waals surface area contributed by atoms with Crippen molar-refractivity contribution in [2.45, 2.75) is 0 Å². The van der Waals surface area contributed by atoms with Gasteiger partial charge in [0, 0.05) is 24.6 Å². The smallest absolute Gasteiger partial charge is 0.250 e. The molecule has 2 rings (SSSR count). The fourth-order valence-electron chi connectivity index (χ4n) is 1.69. The molecule has 0 unspecified atom stereocenters. The van der Waals surface area contributed by atoms with Gasteiger partial charge in [-0.3, -0.25) is 9.89 Å². The summed E-state index contributed by atoms with van der Waals surface area (Å²) in [6.07, 6.45) is 1.68. The molecular weight excluding hydrogens is 258 g/mol. The molecule has 0 spiro atoms. The van der Waals surface area contributed by atoms with E-state index in [1.807, 2.05) is 30.3 Å². The number of nitrogens with zero attached hydrogens (tertiary/aromatic N) is 1. The predicted molar refractivity (Wildman–Crippen MR) is 75.3 cm³/mol. The molecule has 0 bridgehead atoms. The van der Waals surface area contributed by atoms with Gasteiger partial charge in [-0.05, 0) is 18.2 Å². The van der Waals surface area contributed by atoms with Crippen LogP contribution in [0.3, 0.4) is 0 Å². The summed E-state index contributed by atoms with van der Waals surface area (Å²) in [7, 11) is 1.59. The largest absolute Gasteiger partial charge is 0.382 e. The highest BCUT2D eigenvalue weighted by Gasteiger charge is 2.04. The van der Waals surface area contributed by atoms with Gasteiger partial charge in [-0.2, -0.15) is 5.10 Å². The minimum absolute atomic E-state index is 0.0116. The SMILES string of the molecule is COCCOCC(=O)Nc1cccc(-c2ccn[nH]2)c1.